The summed E-state index contributed by atoms with van der Waals surface area (Å²) in [6.45, 7) is 0.673. The zero-order valence-corrected chi connectivity index (χ0v) is 16.5. The third kappa shape index (κ3) is 4.27. The number of ketones is 1. The summed E-state index contributed by atoms with van der Waals surface area (Å²) in [7, 11) is 0. The molecule has 0 radical (unpaired) electrons. The largest absolute Gasteiger partial charge is 0.339 e. The molecule has 7 heteroatoms. The summed E-state index contributed by atoms with van der Waals surface area (Å²) < 4.78 is 5.33. The van der Waals surface area contributed by atoms with Crippen molar-refractivity contribution < 1.29 is 14.1 Å². The van der Waals surface area contributed by atoms with Crippen molar-refractivity contribution in [1.82, 2.24) is 15.0 Å². The zero-order chi connectivity index (χ0) is 19.5. The maximum Gasteiger partial charge on any atom is 0.227 e. The van der Waals surface area contributed by atoms with Crippen LogP contribution < -0.4 is 0 Å². The van der Waals surface area contributed by atoms with Crippen LogP contribution in [0.4, 0.5) is 0 Å². The molecule has 1 aliphatic carbocycles. The molecule has 28 heavy (non-hydrogen) atoms. The van der Waals surface area contributed by atoms with Gasteiger partial charge in [-0.05, 0) is 37.1 Å². The molecule has 1 aliphatic heterocycles. The first kappa shape index (κ1) is 19.1. The second-order valence-electron chi connectivity index (χ2n) is 7.72. The van der Waals surface area contributed by atoms with Crippen molar-refractivity contribution in [1.29, 1.82) is 0 Å². The lowest BCUT2D eigenvalue weighted by Crippen LogP contribution is -2.37. The Labute approximate surface area is 169 Å². The molecule has 1 saturated carbocycles. The number of aryl methyl sites for hydroxylation is 1. The molecule has 1 aromatic heterocycles. The van der Waals surface area contributed by atoms with Gasteiger partial charge in [-0.3, -0.25) is 9.59 Å². The number of carbonyl (C=O) groups excluding carboxylic acids is 2. The SMILES string of the molecule is O=C(CCc1nc([C@H]2CC(=O)N(C3CCCCC3)C2)no1)c1ccc(Cl)cc1. The van der Waals surface area contributed by atoms with Gasteiger partial charge in [0.1, 0.15) is 0 Å². The van der Waals surface area contributed by atoms with Gasteiger partial charge < -0.3 is 9.42 Å². The Bertz CT molecular complexity index is 843. The van der Waals surface area contributed by atoms with Crippen LogP contribution >= 0.6 is 11.6 Å². The standard InChI is InChI=1S/C21H24ClN3O3/c22-16-8-6-14(7-9-16)18(26)10-11-19-23-21(24-28-19)15-12-20(27)25(13-15)17-4-2-1-3-5-17/h6-9,15,17H,1-5,10-13H2/t15-/m0/s1. The minimum Gasteiger partial charge on any atom is -0.339 e. The highest BCUT2D eigenvalue weighted by Gasteiger charge is 2.37. The summed E-state index contributed by atoms with van der Waals surface area (Å²) in [6, 6.07) is 7.21. The number of hydrogen-bond acceptors (Lipinski definition) is 5. The van der Waals surface area contributed by atoms with Crippen LogP contribution in [0.2, 0.25) is 5.02 Å². The first-order valence-corrected chi connectivity index (χ1v) is 10.4. The second kappa shape index (κ2) is 8.43. The van der Waals surface area contributed by atoms with Crippen LogP contribution in [0.3, 0.4) is 0 Å². The number of likely N-dealkylation sites (tertiary alicyclic amines) is 1. The number of amides is 1. The molecule has 4 rings (SSSR count). The molecule has 0 bridgehead atoms. The molecule has 1 amide bonds. The van der Waals surface area contributed by atoms with Gasteiger partial charge in [0, 0.05) is 48.4 Å². The average molecular weight is 402 g/mol. The Hall–Kier alpha value is -2.21. The third-order valence-corrected chi connectivity index (χ3v) is 6.01. The smallest absolute Gasteiger partial charge is 0.227 e. The fourth-order valence-corrected chi connectivity index (χ4v) is 4.31. The van der Waals surface area contributed by atoms with Crippen LogP contribution in [0.25, 0.3) is 0 Å². The molecule has 0 spiro atoms. The normalized spacial score (nSPS) is 20.7. The summed E-state index contributed by atoms with van der Waals surface area (Å²) in [5.41, 5.74) is 0.619. The monoisotopic (exact) mass is 401 g/mol. The van der Waals surface area contributed by atoms with Crippen molar-refractivity contribution >= 4 is 23.3 Å². The fourth-order valence-electron chi connectivity index (χ4n) is 4.19. The fraction of sp³-hybridized carbons (Fsp3) is 0.524. The van der Waals surface area contributed by atoms with E-state index in [1.165, 1.54) is 19.3 Å². The van der Waals surface area contributed by atoms with Gasteiger partial charge in [0.2, 0.25) is 11.8 Å². The van der Waals surface area contributed by atoms with Gasteiger partial charge in [-0.2, -0.15) is 4.98 Å². The number of benzene rings is 1. The Balaban J connectivity index is 1.33. The molecule has 0 unspecified atom stereocenters. The lowest BCUT2D eigenvalue weighted by Gasteiger charge is -2.31. The molecule has 1 aromatic carbocycles. The molecular formula is C21H24ClN3O3. The van der Waals surface area contributed by atoms with Crippen LogP contribution in [0, 0.1) is 0 Å². The van der Waals surface area contributed by atoms with Gasteiger partial charge in [0.15, 0.2) is 11.6 Å². The van der Waals surface area contributed by atoms with Crippen LogP contribution in [0.15, 0.2) is 28.8 Å². The predicted molar refractivity (Wildman–Crippen MR) is 104 cm³/mol. The number of Topliss-reactive ketones (excluding diaryl/α,β-unsaturated/α-hetero) is 1. The van der Waals surface area contributed by atoms with E-state index in [2.05, 4.69) is 10.1 Å². The van der Waals surface area contributed by atoms with Gasteiger partial charge in [-0.1, -0.05) is 36.0 Å². The molecule has 2 aromatic rings. The van der Waals surface area contributed by atoms with Crippen molar-refractivity contribution in [3.63, 3.8) is 0 Å². The Morgan fingerprint density at radius 1 is 1.18 bits per heavy atom. The predicted octanol–water partition coefficient (Wildman–Crippen LogP) is 4.19. The number of nitrogens with zero attached hydrogens (tertiary/aromatic N) is 3. The molecule has 2 heterocycles. The number of aromatic nitrogens is 2. The van der Waals surface area contributed by atoms with E-state index in [0.717, 1.165) is 12.8 Å². The molecule has 2 fully saturated rings. The van der Waals surface area contributed by atoms with Gasteiger partial charge in [-0.15, -0.1) is 0 Å². The highest BCUT2D eigenvalue weighted by atomic mass is 35.5. The van der Waals surface area contributed by atoms with E-state index >= 15 is 0 Å². The van der Waals surface area contributed by atoms with Crippen LogP contribution in [0.5, 0.6) is 0 Å². The van der Waals surface area contributed by atoms with Gasteiger partial charge in [0.25, 0.3) is 0 Å². The van der Waals surface area contributed by atoms with E-state index in [1.807, 2.05) is 4.90 Å². The van der Waals surface area contributed by atoms with E-state index in [0.29, 0.717) is 54.2 Å². The molecular weight excluding hydrogens is 378 g/mol. The van der Waals surface area contributed by atoms with E-state index in [4.69, 9.17) is 16.1 Å². The summed E-state index contributed by atoms with van der Waals surface area (Å²) in [4.78, 5) is 31.2. The average Bonchev–Trinajstić information content (AvgIpc) is 3.34. The number of hydrogen-bond donors (Lipinski definition) is 0. The van der Waals surface area contributed by atoms with Crippen molar-refractivity contribution in [2.45, 2.75) is 63.3 Å². The van der Waals surface area contributed by atoms with Crippen LogP contribution in [0.1, 0.15) is 72.9 Å². The zero-order valence-electron chi connectivity index (χ0n) is 15.8. The molecule has 1 saturated heterocycles. The summed E-state index contributed by atoms with van der Waals surface area (Å²) in [5.74, 6) is 1.22. The Morgan fingerprint density at radius 3 is 2.68 bits per heavy atom. The van der Waals surface area contributed by atoms with E-state index < -0.39 is 0 Å². The number of rotatable bonds is 6. The Morgan fingerprint density at radius 2 is 1.93 bits per heavy atom. The molecule has 6 nitrogen and oxygen atoms in total. The minimum absolute atomic E-state index is 0.0101. The van der Waals surface area contributed by atoms with Crippen LogP contribution in [-0.4, -0.2) is 39.3 Å². The minimum atomic E-state index is -0.0149. The maximum absolute atomic E-state index is 12.4. The molecule has 148 valence electrons. The second-order valence-corrected chi connectivity index (χ2v) is 8.15. The van der Waals surface area contributed by atoms with Gasteiger partial charge in [-0.25, -0.2) is 0 Å². The molecule has 1 atom stereocenters. The lowest BCUT2D eigenvalue weighted by molar-refractivity contribution is -0.130. The highest BCUT2D eigenvalue weighted by Crippen LogP contribution is 2.32. The van der Waals surface area contributed by atoms with Crippen molar-refractivity contribution in [3.05, 3.63) is 46.6 Å². The van der Waals surface area contributed by atoms with E-state index in [9.17, 15) is 9.59 Å². The first-order chi connectivity index (χ1) is 13.6. The van der Waals surface area contributed by atoms with Gasteiger partial charge >= 0.3 is 0 Å². The number of carbonyl (C=O) groups is 2. The topological polar surface area (TPSA) is 76.3 Å². The third-order valence-electron chi connectivity index (χ3n) is 5.75. The Kier molecular flexibility index (Phi) is 5.76. The van der Waals surface area contributed by atoms with Crippen LogP contribution in [-0.2, 0) is 11.2 Å². The first-order valence-electron chi connectivity index (χ1n) is 10.0. The summed E-state index contributed by atoms with van der Waals surface area (Å²) >= 11 is 5.85. The number of halogens is 1. The molecule has 0 N–H and O–H groups in total. The van der Waals surface area contributed by atoms with Crippen molar-refractivity contribution in [3.8, 4) is 0 Å². The summed E-state index contributed by atoms with van der Waals surface area (Å²) in [6.07, 6.45) is 7.00. The quantitative estimate of drug-likeness (QED) is 0.678. The van der Waals surface area contributed by atoms with Crippen molar-refractivity contribution in [2.24, 2.45) is 0 Å². The molecule has 2 aliphatic rings. The van der Waals surface area contributed by atoms with Crippen molar-refractivity contribution in [2.75, 3.05) is 6.54 Å². The van der Waals surface area contributed by atoms with E-state index in [-0.39, 0.29) is 17.6 Å². The highest BCUT2D eigenvalue weighted by molar-refractivity contribution is 6.30. The lowest BCUT2D eigenvalue weighted by atomic mass is 9.94. The van der Waals surface area contributed by atoms with E-state index in [1.54, 1.807) is 24.3 Å². The maximum atomic E-state index is 12.4. The summed E-state index contributed by atoms with van der Waals surface area (Å²) in [5, 5.41) is 4.68. The van der Waals surface area contributed by atoms with Gasteiger partial charge in [0.05, 0.1) is 0 Å².